The molecule has 2 amide bonds. The molecule has 1 aromatic carbocycles. The van der Waals surface area contributed by atoms with Crippen molar-refractivity contribution in [3.05, 3.63) is 35.6 Å². The minimum Gasteiger partial charge on any atom is -0.481 e. The summed E-state index contributed by atoms with van der Waals surface area (Å²) >= 11 is 0. The molecule has 0 fully saturated rings. The molecule has 8 heteroatoms. The molecule has 0 bridgehead atoms. The monoisotopic (exact) mass is 326 g/mol. The number of carboxylic acids is 1. The van der Waals surface area contributed by atoms with Crippen molar-refractivity contribution < 1.29 is 28.6 Å². The van der Waals surface area contributed by atoms with E-state index >= 15 is 0 Å². The van der Waals surface area contributed by atoms with Gasteiger partial charge >= 0.3 is 5.97 Å². The van der Waals surface area contributed by atoms with Crippen LogP contribution in [0, 0.1) is 5.82 Å². The van der Waals surface area contributed by atoms with Crippen molar-refractivity contribution in [1.29, 1.82) is 0 Å². The van der Waals surface area contributed by atoms with Gasteiger partial charge in [0, 0.05) is 12.7 Å². The van der Waals surface area contributed by atoms with Gasteiger partial charge in [-0.1, -0.05) is 6.07 Å². The molecule has 0 aliphatic carbocycles. The maximum Gasteiger partial charge on any atom is 0.305 e. The molecule has 0 radical (unpaired) electrons. The van der Waals surface area contributed by atoms with Crippen molar-refractivity contribution in [2.75, 3.05) is 20.3 Å². The number of carbonyl (C=O) groups is 3. The molecule has 0 saturated carbocycles. The summed E-state index contributed by atoms with van der Waals surface area (Å²) in [6, 6.07) is 5.04. The molecule has 1 aromatic rings. The largest absolute Gasteiger partial charge is 0.481 e. The SMILES string of the molecule is COCC(C)(CC(=O)O)NC(=O)CNC(=O)c1cccc(F)c1. The fourth-order valence-corrected chi connectivity index (χ4v) is 2.06. The summed E-state index contributed by atoms with van der Waals surface area (Å²) in [6.07, 6.45) is -0.329. The number of nitrogens with one attached hydrogen (secondary N) is 2. The molecule has 1 atom stereocenters. The van der Waals surface area contributed by atoms with Crippen molar-refractivity contribution in [2.24, 2.45) is 0 Å². The zero-order chi connectivity index (χ0) is 17.5. The zero-order valence-corrected chi connectivity index (χ0v) is 12.9. The van der Waals surface area contributed by atoms with Crippen LogP contribution in [0.25, 0.3) is 0 Å². The van der Waals surface area contributed by atoms with Gasteiger partial charge in [-0.2, -0.15) is 0 Å². The van der Waals surface area contributed by atoms with Crippen molar-refractivity contribution in [2.45, 2.75) is 18.9 Å². The maximum atomic E-state index is 13.0. The number of hydrogen-bond donors (Lipinski definition) is 3. The summed E-state index contributed by atoms with van der Waals surface area (Å²) in [4.78, 5) is 34.5. The lowest BCUT2D eigenvalue weighted by Gasteiger charge is -2.28. The number of carbonyl (C=O) groups excluding carboxylic acids is 2. The van der Waals surface area contributed by atoms with E-state index in [0.717, 1.165) is 6.07 Å². The van der Waals surface area contributed by atoms with E-state index in [1.54, 1.807) is 0 Å². The van der Waals surface area contributed by atoms with E-state index in [1.807, 2.05) is 0 Å². The Bertz CT molecular complexity index is 593. The fourth-order valence-electron chi connectivity index (χ4n) is 2.06. The summed E-state index contributed by atoms with van der Waals surface area (Å²) in [7, 11) is 1.39. The highest BCUT2D eigenvalue weighted by Gasteiger charge is 2.29. The van der Waals surface area contributed by atoms with Gasteiger partial charge in [-0.15, -0.1) is 0 Å². The maximum absolute atomic E-state index is 13.0. The van der Waals surface area contributed by atoms with Crippen molar-refractivity contribution in [3.63, 3.8) is 0 Å². The quantitative estimate of drug-likeness (QED) is 0.647. The first-order chi connectivity index (χ1) is 10.8. The highest BCUT2D eigenvalue weighted by atomic mass is 19.1. The second-order valence-electron chi connectivity index (χ2n) is 5.31. The topological polar surface area (TPSA) is 105 Å². The molecule has 0 heterocycles. The van der Waals surface area contributed by atoms with Crippen molar-refractivity contribution in [1.82, 2.24) is 10.6 Å². The summed E-state index contributed by atoms with van der Waals surface area (Å²) in [5.41, 5.74) is -1.01. The van der Waals surface area contributed by atoms with Crippen LogP contribution in [-0.4, -0.2) is 48.7 Å². The first-order valence-corrected chi connectivity index (χ1v) is 6.81. The average Bonchev–Trinajstić information content (AvgIpc) is 2.43. The predicted molar refractivity (Wildman–Crippen MR) is 79.4 cm³/mol. The van der Waals surface area contributed by atoms with E-state index in [9.17, 15) is 18.8 Å². The van der Waals surface area contributed by atoms with Gasteiger partial charge in [0.1, 0.15) is 5.82 Å². The van der Waals surface area contributed by atoms with Gasteiger partial charge in [0.25, 0.3) is 5.91 Å². The van der Waals surface area contributed by atoms with Crippen LogP contribution in [0.4, 0.5) is 4.39 Å². The second kappa shape index (κ2) is 8.23. The van der Waals surface area contributed by atoms with E-state index in [4.69, 9.17) is 9.84 Å². The number of benzene rings is 1. The number of methoxy groups -OCH3 is 1. The Morgan fingerprint density at radius 1 is 1.35 bits per heavy atom. The van der Waals surface area contributed by atoms with E-state index < -0.39 is 29.1 Å². The van der Waals surface area contributed by atoms with E-state index in [-0.39, 0.29) is 25.1 Å². The molecule has 1 rings (SSSR count). The van der Waals surface area contributed by atoms with Crippen LogP contribution in [0.3, 0.4) is 0 Å². The zero-order valence-electron chi connectivity index (χ0n) is 12.9. The Labute approximate surface area is 132 Å². The number of aliphatic carboxylic acids is 1. The summed E-state index contributed by atoms with van der Waals surface area (Å²) in [6.45, 7) is 1.16. The molecule has 0 saturated heterocycles. The number of rotatable bonds is 8. The highest BCUT2D eigenvalue weighted by Crippen LogP contribution is 2.10. The first-order valence-electron chi connectivity index (χ1n) is 6.81. The smallest absolute Gasteiger partial charge is 0.305 e. The normalized spacial score (nSPS) is 13.0. The lowest BCUT2D eigenvalue weighted by molar-refractivity contribution is -0.139. The molecule has 3 N–H and O–H groups in total. The summed E-state index contributed by atoms with van der Waals surface area (Å²) in [5, 5.41) is 13.7. The van der Waals surface area contributed by atoms with Gasteiger partial charge in [-0.25, -0.2) is 4.39 Å². The second-order valence-corrected chi connectivity index (χ2v) is 5.31. The van der Waals surface area contributed by atoms with Crippen LogP contribution in [0.2, 0.25) is 0 Å². The molecular weight excluding hydrogens is 307 g/mol. The van der Waals surface area contributed by atoms with Crippen LogP contribution in [0.5, 0.6) is 0 Å². The Balaban J connectivity index is 2.58. The van der Waals surface area contributed by atoms with Gasteiger partial charge in [0.2, 0.25) is 5.91 Å². The number of halogens is 1. The first kappa shape index (κ1) is 18.6. The van der Waals surface area contributed by atoms with Crippen LogP contribution in [0.1, 0.15) is 23.7 Å². The van der Waals surface area contributed by atoms with Crippen LogP contribution in [-0.2, 0) is 14.3 Å². The van der Waals surface area contributed by atoms with Gasteiger partial charge in [0.15, 0.2) is 0 Å². The Kier molecular flexibility index (Phi) is 6.65. The Hall–Kier alpha value is -2.48. The van der Waals surface area contributed by atoms with E-state index in [2.05, 4.69) is 10.6 Å². The third kappa shape index (κ3) is 6.43. The number of carboxylic acid groups (broad SMARTS) is 1. The molecule has 23 heavy (non-hydrogen) atoms. The standard InChI is InChI=1S/C15H19FN2O5/c1-15(9-23-2,7-13(20)21)18-12(19)8-17-14(22)10-4-3-5-11(16)6-10/h3-6H,7-9H2,1-2H3,(H,17,22)(H,18,19)(H,20,21). The lowest BCUT2D eigenvalue weighted by atomic mass is 9.99. The van der Waals surface area contributed by atoms with E-state index in [0.29, 0.717) is 0 Å². The summed E-state index contributed by atoms with van der Waals surface area (Å²) < 4.78 is 17.9. The van der Waals surface area contributed by atoms with Gasteiger partial charge in [-0.05, 0) is 25.1 Å². The fraction of sp³-hybridized carbons (Fsp3) is 0.400. The molecule has 0 aliphatic heterocycles. The molecule has 7 nitrogen and oxygen atoms in total. The van der Waals surface area contributed by atoms with Crippen molar-refractivity contribution in [3.8, 4) is 0 Å². The van der Waals surface area contributed by atoms with Gasteiger partial charge < -0.3 is 20.5 Å². The van der Waals surface area contributed by atoms with Crippen LogP contribution < -0.4 is 10.6 Å². The highest BCUT2D eigenvalue weighted by molar-refractivity contribution is 5.96. The predicted octanol–water partition coefficient (Wildman–Crippen LogP) is 0.552. The molecule has 126 valence electrons. The molecule has 0 aliphatic rings. The molecular formula is C15H19FN2O5. The van der Waals surface area contributed by atoms with Crippen molar-refractivity contribution >= 4 is 17.8 Å². The number of hydrogen-bond acceptors (Lipinski definition) is 4. The Morgan fingerprint density at radius 3 is 2.61 bits per heavy atom. The number of amides is 2. The minimum absolute atomic E-state index is 0.00286. The van der Waals surface area contributed by atoms with Gasteiger partial charge in [-0.3, -0.25) is 14.4 Å². The van der Waals surface area contributed by atoms with Crippen LogP contribution in [0.15, 0.2) is 24.3 Å². The Morgan fingerprint density at radius 2 is 2.04 bits per heavy atom. The van der Waals surface area contributed by atoms with E-state index in [1.165, 1.54) is 32.2 Å². The third-order valence-corrected chi connectivity index (χ3v) is 2.94. The third-order valence-electron chi connectivity index (χ3n) is 2.94. The minimum atomic E-state index is -1.10. The average molecular weight is 326 g/mol. The summed E-state index contributed by atoms with van der Waals surface area (Å²) in [5.74, 6) is -2.83. The molecule has 0 spiro atoms. The lowest BCUT2D eigenvalue weighted by Crippen LogP contribution is -2.53. The van der Waals surface area contributed by atoms with Crippen LogP contribution >= 0.6 is 0 Å². The molecule has 0 aromatic heterocycles. The number of ether oxygens (including phenoxy) is 1. The molecule has 1 unspecified atom stereocenters. The van der Waals surface area contributed by atoms with Gasteiger partial charge in [0.05, 0.1) is 25.1 Å².